The molecule has 1 aromatic carbocycles. The van der Waals surface area contributed by atoms with Gasteiger partial charge in [0.25, 0.3) is 5.56 Å². The van der Waals surface area contributed by atoms with Crippen LogP contribution in [0, 0.1) is 5.82 Å². The summed E-state index contributed by atoms with van der Waals surface area (Å²) in [6.45, 7) is 0. The highest BCUT2D eigenvalue weighted by Crippen LogP contribution is 2.28. The molecule has 1 heterocycles. The molecule has 0 spiro atoms. The lowest BCUT2D eigenvalue weighted by Gasteiger charge is -2.12. The number of hydrogen-bond acceptors (Lipinski definition) is 4. The van der Waals surface area contributed by atoms with Crippen LogP contribution in [-0.4, -0.2) is 20.9 Å². The average Bonchev–Trinajstić information content (AvgIpc) is 2.41. The van der Waals surface area contributed by atoms with Gasteiger partial charge in [-0.3, -0.25) is 4.79 Å². The Hall–Kier alpha value is -1.74. The van der Waals surface area contributed by atoms with Crippen molar-refractivity contribution in [1.82, 2.24) is 9.78 Å². The van der Waals surface area contributed by atoms with Crippen molar-refractivity contribution in [2.75, 3.05) is 5.32 Å². The zero-order valence-corrected chi connectivity index (χ0v) is 13.7. The van der Waals surface area contributed by atoms with Crippen molar-refractivity contribution in [1.29, 1.82) is 0 Å². The summed E-state index contributed by atoms with van der Waals surface area (Å²) in [6, 6.07) is 4.20. The normalized spacial score (nSPS) is 10.5. The maximum Gasteiger partial charge on any atom is 0.358 e. The Kier molecular flexibility index (Phi) is 4.43. The highest BCUT2D eigenvalue weighted by molar-refractivity contribution is 9.10. The molecule has 0 amide bonds. The van der Waals surface area contributed by atoms with E-state index >= 15 is 0 Å². The van der Waals surface area contributed by atoms with Crippen LogP contribution in [0.1, 0.15) is 10.5 Å². The Morgan fingerprint density at radius 2 is 2.10 bits per heavy atom. The van der Waals surface area contributed by atoms with Gasteiger partial charge in [-0.1, -0.05) is 15.9 Å². The lowest BCUT2D eigenvalue weighted by atomic mass is 10.2. The monoisotopic (exact) mass is 419 g/mol. The van der Waals surface area contributed by atoms with Gasteiger partial charge < -0.3 is 10.4 Å². The fraction of sp³-hybridized carbons (Fsp3) is 0.0833. The van der Waals surface area contributed by atoms with Gasteiger partial charge in [0.1, 0.15) is 10.3 Å². The summed E-state index contributed by atoms with van der Waals surface area (Å²) in [5.41, 5.74) is -1.02. The van der Waals surface area contributed by atoms with Crippen LogP contribution in [0.4, 0.5) is 15.8 Å². The van der Waals surface area contributed by atoms with E-state index in [1.807, 2.05) is 0 Å². The second-order valence-electron chi connectivity index (χ2n) is 4.02. The van der Waals surface area contributed by atoms with Crippen LogP contribution < -0.4 is 10.9 Å². The van der Waals surface area contributed by atoms with Gasteiger partial charge in [0.2, 0.25) is 0 Å². The third kappa shape index (κ3) is 3.13. The number of hydrogen-bond donors (Lipinski definition) is 2. The van der Waals surface area contributed by atoms with Crippen LogP contribution in [0.25, 0.3) is 0 Å². The number of halogens is 3. The molecule has 2 rings (SSSR count). The number of nitrogens with one attached hydrogen (secondary N) is 1. The van der Waals surface area contributed by atoms with E-state index in [1.54, 1.807) is 6.07 Å². The number of carboxylic acid groups (broad SMARTS) is 1. The van der Waals surface area contributed by atoms with Crippen molar-refractivity contribution in [3.05, 3.63) is 49.0 Å². The molecule has 0 bridgehead atoms. The molecule has 0 aliphatic rings. The molecule has 2 N–H and O–H groups in total. The van der Waals surface area contributed by atoms with Gasteiger partial charge in [-0.15, -0.1) is 0 Å². The van der Waals surface area contributed by atoms with E-state index in [1.165, 1.54) is 19.2 Å². The van der Waals surface area contributed by atoms with Crippen LogP contribution in [0.5, 0.6) is 0 Å². The predicted molar refractivity (Wildman–Crippen MR) is 81.5 cm³/mol. The zero-order chi connectivity index (χ0) is 15.7. The van der Waals surface area contributed by atoms with E-state index in [0.717, 1.165) is 4.68 Å². The summed E-state index contributed by atoms with van der Waals surface area (Å²) in [4.78, 5) is 23.0. The zero-order valence-electron chi connectivity index (χ0n) is 10.5. The minimum absolute atomic E-state index is 0.0245. The first-order valence-electron chi connectivity index (χ1n) is 5.53. The molecule has 1 aromatic heterocycles. The van der Waals surface area contributed by atoms with E-state index in [9.17, 15) is 14.0 Å². The number of carbonyl (C=O) groups is 1. The number of nitrogens with zero attached hydrogens (tertiary/aromatic N) is 2. The van der Waals surface area contributed by atoms with Crippen molar-refractivity contribution in [3.8, 4) is 0 Å². The quantitative estimate of drug-likeness (QED) is 0.797. The van der Waals surface area contributed by atoms with Crippen LogP contribution in [0.2, 0.25) is 0 Å². The molecule has 9 heteroatoms. The van der Waals surface area contributed by atoms with Crippen molar-refractivity contribution in [2.45, 2.75) is 0 Å². The molecule has 2 aromatic rings. The van der Waals surface area contributed by atoms with E-state index in [4.69, 9.17) is 5.11 Å². The first-order chi connectivity index (χ1) is 9.81. The van der Waals surface area contributed by atoms with Gasteiger partial charge in [-0.25, -0.2) is 13.9 Å². The molecule has 0 saturated heterocycles. The number of aryl methyl sites for hydroxylation is 1. The molecule has 0 aliphatic heterocycles. The smallest absolute Gasteiger partial charge is 0.358 e. The molecule has 21 heavy (non-hydrogen) atoms. The maximum absolute atomic E-state index is 13.8. The van der Waals surface area contributed by atoms with Crippen LogP contribution >= 0.6 is 31.9 Å². The molecule has 6 nitrogen and oxygen atoms in total. The fourth-order valence-corrected chi connectivity index (χ4v) is 2.46. The van der Waals surface area contributed by atoms with Gasteiger partial charge in [0, 0.05) is 11.5 Å². The largest absolute Gasteiger partial charge is 0.476 e. The SMILES string of the molecule is Cn1nc(C(=O)O)c(Nc2ccc(Br)cc2F)c(Br)c1=O. The van der Waals surface area contributed by atoms with Gasteiger partial charge in [0.15, 0.2) is 5.69 Å². The number of aromatic carboxylic acids is 1. The summed E-state index contributed by atoms with van der Waals surface area (Å²) >= 11 is 6.13. The van der Waals surface area contributed by atoms with E-state index in [2.05, 4.69) is 42.3 Å². The fourth-order valence-electron chi connectivity index (χ4n) is 1.59. The number of benzene rings is 1. The summed E-state index contributed by atoms with van der Waals surface area (Å²) in [5, 5.41) is 15.4. The topological polar surface area (TPSA) is 84.2 Å². The lowest BCUT2D eigenvalue weighted by Crippen LogP contribution is -2.25. The third-order valence-electron chi connectivity index (χ3n) is 2.58. The average molecular weight is 421 g/mol. The first kappa shape index (κ1) is 15.6. The molecule has 0 aliphatic carbocycles. The molecule has 110 valence electrons. The van der Waals surface area contributed by atoms with Crippen molar-refractivity contribution in [3.63, 3.8) is 0 Å². The van der Waals surface area contributed by atoms with Crippen LogP contribution in [0.3, 0.4) is 0 Å². The number of aromatic nitrogens is 2. The summed E-state index contributed by atoms with van der Waals surface area (Å²) in [5.74, 6) is -1.94. The predicted octanol–water partition coefficient (Wildman–Crippen LogP) is 2.89. The Morgan fingerprint density at radius 3 is 2.67 bits per heavy atom. The second-order valence-corrected chi connectivity index (χ2v) is 5.73. The van der Waals surface area contributed by atoms with Gasteiger partial charge in [-0.05, 0) is 34.1 Å². The number of rotatable bonds is 3. The molecular formula is C12H8Br2FN3O3. The second kappa shape index (κ2) is 5.94. The molecular weight excluding hydrogens is 413 g/mol. The van der Waals surface area contributed by atoms with E-state index in [0.29, 0.717) is 4.47 Å². The molecule has 0 fully saturated rings. The molecule has 0 unspecified atom stereocenters. The highest BCUT2D eigenvalue weighted by Gasteiger charge is 2.20. The standard InChI is InChI=1S/C12H8Br2FN3O3/c1-18-11(19)8(14)9(10(17-18)12(20)21)16-7-3-2-5(13)4-6(7)15/h2-4,16H,1H3,(H,20,21). The van der Waals surface area contributed by atoms with E-state index in [-0.39, 0.29) is 15.8 Å². The summed E-state index contributed by atoms with van der Waals surface area (Å²) in [7, 11) is 1.32. The van der Waals surface area contributed by atoms with Crippen molar-refractivity contribution >= 4 is 49.2 Å². The number of anilines is 2. The Labute approximate surface area is 134 Å². The van der Waals surface area contributed by atoms with Gasteiger partial charge in [0.05, 0.1) is 11.4 Å². The minimum Gasteiger partial charge on any atom is -0.476 e. The Balaban J connectivity index is 2.60. The molecule has 0 radical (unpaired) electrons. The van der Waals surface area contributed by atoms with Crippen LogP contribution in [-0.2, 0) is 7.05 Å². The maximum atomic E-state index is 13.8. The minimum atomic E-state index is -1.34. The van der Waals surface area contributed by atoms with Crippen molar-refractivity contribution in [2.24, 2.45) is 7.05 Å². The van der Waals surface area contributed by atoms with Gasteiger partial charge >= 0.3 is 5.97 Å². The van der Waals surface area contributed by atoms with Crippen LogP contribution in [0.15, 0.2) is 31.9 Å². The first-order valence-corrected chi connectivity index (χ1v) is 7.12. The summed E-state index contributed by atoms with van der Waals surface area (Å²) < 4.78 is 15.2. The summed E-state index contributed by atoms with van der Waals surface area (Å²) in [6.07, 6.45) is 0. The molecule has 0 atom stereocenters. The molecule has 0 saturated carbocycles. The Bertz CT molecular complexity index is 792. The highest BCUT2D eigenvalue weighted by atomic mass is 79.9. The van der Waals surface area contributed by atoms with Crippen molar-refractivity contribution < 1.29 is 14.3 Å². The van der Waals surface area contributed by atoms with Gasteiger partial charge in [-0.2, -0.15) is 5.10 Å². The lowest BCUT2D eigenvalue weighted by molar-refractivity contribution is 0.0689. The Morgan fingerprint density at radius 1 is 1.43 bits per heavy atom. The number of carboxylic acids is 1. The van der Waals surface area contributed by atoms with E-state index < -0.39 is 23.0 Å². The third-order valence-corrected chi connectivity index (χ3v) is 3.81.